The molecule has 6 heteroatoms. The Hall–Kier alpha value is -2.63. The first-order chi connectivity index (χ1) is 9.52. The molecule has 0 bridgehead atoms. The number of pyridine rings is 1. The summed E-state index contributed by atoms with van der Waals surface area (Å²) in [5.41, 5.74) is 7.18. The number of aromatic nitrogens is 1. The van der Waals surface area contributed by atoms with Crippen LogP contribution < -0.4 is 10.5 Å². The number of ether oxygens (including phenoxy) is 1. The molecule has 0 fully saturated rings. The molecular weight excluding hydrogens is 261 g/mol. The van der Waals surface area contributed by atoms with E-state index in [1.807, 2.05) is 0 Å². The maximum absolute atomic E-state index is 13.6. The molecule has 0 aliphatic rings. The number of halogens is 1. The van der Waals surface area contributed by atoms with Gasteiger partial charge in [0.1, 0.15) is 5.75 Å². The van der Waals surface area contributed by atoms with E-state index in [4.69, 9.17) is 15.7 Å². The maximum atomic E-state index is 13.6. The Morgan fingerprint density at radius 3 is 2.65 bits per heavy atom. The minimum absolute atomic E-state index is 0.0597. The Labute approximate surface area is 115 Å². The van der Waals surface area contributed by atoms with Gasteiger partial charge in [-0.1, -0.05) is 17.3 Å². The Kier molecular flexibility index (Phi) is 3.84. The van der Waals surface area contributed by atoms with Crippen molar-refractivity contribution in [3.05, 3.63) is 53.1 Å². The average molecular weight is 275 g/mol. The summed E-state index contributed by atoms with van der Waals surface area (Å²) in [7, 11) is 0. The number of oxime groups is 1. The topological polar surface area (TPSA) is 80.7 Å². The molecule has 0 spiro atoms. The van der Waals surface area contributed by atoms with Gasteiger partial charge in [-0.2, -0.15) is 0 Å². The second-order valence-electron chi connectivity index (χ2n) is 4.24. The number of nitrogens with two attached hydrogens (primary N) is 1. The van der Waals surface area contributed by atoms with Gasteiger partial charge >= 0.3 is 0 Å². The monoisotopic (exact) mass is 275 g/mol. The molecule has 0 atom stereocenters. The van der Waals surface area contributed by atoms with Crippen LogP contribution in [0.5, 0.6) is 11.5 Å². The van der Waals surface area contributed by atoms with Crippen molar-refractivity contribution in [3.8, 4) is 11.5 Å². The fraction of sp³-hybridized carbons (Fsp3) is 0.143. The van der Waals surface area contributed by atoms with E-state index in [9.17, 15) is 4.39 Å². The predicted octanol–water partition coefficient (Wildman–Crippen LogP) is 2.72. The largest absolute Gasteiger partial charge is 0.453 e. The van der Waals surface area contributed by atoms with E-state index in [-0.39, 0.29) is 17.3 Å². The van der Waals surface area contributed by atoms with Crippen LogP contribution in [0.1, 0.15) is 17.0 Å². The highest BCUT2D eigenvalue weighted by atomic mass is 19.1. The highest BCUT2D eigenvalue weighted by Gasteiger charge is 2.16. The zero-order chi connectivity index (χ0) is 14.7. The van der Waals surface area contributed by atoms with Crippen molar-refractivity contribution in [3.63, 3.8) is 0 Å². The van der Waals surface area contributed by atoms with E-state index in [1.165, 1.54) is 12.1 Å². The van der Waals surface area contributed by atoms with Crippen LogP contribution in [0, 0.1) is 19.7 Å². The summed E-state index contributed by atoms with van der Waals surface area (Å²) in [6, 6.07) is 7.61. The van der Waals surface area contributed by atoms with Crippen LogP contribution >= 0.6 is 0 Å². The Balaban J connectivity index is 2.53. The van der Waals surface area contributed by atoms with Crippen LogP contribution in [0.4, 0.5) is 4.39 Å². The van der Waals surface area contributed by atoms with Gasteiger partial charge in [-0.25, -0.2) is 4.39 Å². The van der Waals surface area contributed by atoms with Crippen molar-refractivity contribution >= 4 is 5.84 Å². The highest BCUT2D eigenvalue weighted by molar-refractivity contribution is 6.00. The van der Waals surface area contributed by atoms with Crippen molar-refractivity contribution in [1.29, 1.82) is 0 Å². The van der Waals surface area contributed by atoms with Gasteiger partial charge in [0.05, 0.1) is 11.3 Å². The number of amidine groups is 1. The Morgan fingerprint density at radius 1 is 1.30 bits per heavy atom. The lowest BCUT2D eigenvalue weighted by Crippen LogP contribution is -2.17. The predicted molar refractivity (Wildman–Crippen MR) is 72.7 cm³/mol. The number of benzene rings is 1. The minimum atomic E-state index is -0.495. The van der Waals surface area contributed by atoms with Gasteiger partial charge < -0.3 is 15.7 Å². The summed E-state index contributed by atoms with van der Waals surface area (Å²) in [5.74, 6) is -0.286. The minimum Gasteiger partial charge on any atom is -0.453 e. The molecule has 2 aromatic rings. The lowest BCUT2D eigenvalue weighted by molar-refractivity contribution is 0.318. The smallest absolute Gasteiger partial charge is 0.175 e. The van der Waals surface area contributed by atoms with Crippen LogP contribution in [0.25, 0.3) is 0 Å². The van der Waals surface area contributed by atoms with Gasteiger partial charge in [0.15, 0.2) is 17.4 Å². The molecule has 0 amide bonds. The zero-order valence-electron chi connectivity index (χ0n) is 11.1. The number of rotatable bonds is 3. The number of nitrogens with zero attached hydrogens (tertiary/aromatic N) is 2. The molecule has 0 radical (unpaired) electrons. The standard InChI is InChI=1S/C14H14FN3O2/c1-8-7-12(13(9(2)17-8)14(16)18-19)20-11-6-4-3-5-10(11)15/h3-7,19H,1-2H3,(H2,16,18). The summed E-state index contributed by atoms with van der Waals surface area (Å²) >= 11 is 0. The second-order valence-corrected chi connectivity index (χ2v) is 4.24. The van der Waals surface area contributed by atoms with E-state index >= 15 is 0 Å². The molecule has 0 aliphatic carbocycles. The van der Waals surface area contributed by atoms with E-state index in [0.717, 1.165) is 0 Å². The summed E-state index contributed by atoms with van der Waals surface area (Å²) in [6.07, 6.45) is 0. The van der Waals surface area contributed by atoms with Crippen molar-refractivity contribution < 1.29 is 14.3 Å². The Morgan fingerprint density at radius 2 is 2.00 bits per heavy atom. The zero-order valence-corrected chi connectivity index (χ0v) is 11.1. The molecule has 0 saturated carbocycles. The van der Waals surface area contributed by atoms with Crippen molar-refractivity contribution in [2.45, 2.75) is 13.8 Å². The molecule has 2 rings (SSSR count). The number of hydrogen-bond acceptors (Lipinski definition) is 4. The van der Waals surface area contributed by atoms with Crippen molar-refractivity contribution in [2.24, 2.45) is 10.9 Å². The van der Waals surface area contributed by atoms with Crippen molar-refractivity contribution in [1.82, 2.24) is 4.98 Å². The normalized spacial score (nSPS) is 11.4. The van der Waals surface area contributed by atoms with Crippen LogP contribution in [-0.4, -0.2) is 16.0 Å². The SMILES string of the molecule is Cc1cc(Oc2ccccc2F)c(/C(N)=N/O)c(C)n1. The van der Waals surface area contributed by atoms with E-state index in [1.54, 1.807) is 32.0 Å². The van der Waals surface area contributed by atoms with Gasteiger partial charge in [0.25, 0.3) is 0 Å². The molecule has 0 unspecified atom stereocenters. The van der Waals surface area contributed by atoms with Crippen LogP contribution in [0.2, 0.25) is 0 Å². The Bertz CT molecular complexity index is 671. The first-order valence-corrected chi connectivity index (χ1v) is 5.91. The average Bonchev–Trinajstić information content (AvgIpc) is 2.40. The number of para-hydroxylation sites is 1. The molecule has 1 aromatic heterocycles. The third-order valence-electron chi connectivity index (χ3n) is 2.71. The quantitative estimate of drug-likeness (QED) is 0.390. The summed E-state index contributed by atoms with van der Waals surface area (Å²) in [6.45, 7) is 3.48. The van der Waals surface area contributed by atoms with Gasteiger partial charge in [0, 0.05) is 11.8 Å². The fourth-order valence-corrected chi connectivity index (χ4v) is 1.88. The molecule has 0 aliphatic heterocycles. The molecule has 5 nitrogen and oxygen atoms in total. The van der Waals surface area contributed by atoms with Crippen molar-refractivity contribution in [2.75, 3.05) is 0 Å². The van der Waals surface area contributed by atoms with Gasteiger partial charge in [-0.15, -0.1) is 0 Å². The molecule has 20 heavy (non-hydrogen) atoms. The fourth-order valence-electron chi connectivity index (χ4n) is 1.88. The van der Waals surface area contributed by atoms with E-state index in [2.05, 4.69) is 10.1 Å². The van der Waals surface area contributed by atoms with E-state index in [0.29, 0.717) is 17.0 Å². The summed E-state index contributed by atoms with van der Waals surface area (Å²) < 4.78 is 19.2. The third kappa shape index (κ3) is 2.69. The van der Waals surface area contributed by atoms with Gasteiger partial charge in [0.2, 0.25) is 0 Å². The van der Waals surface area contributed by atoms with Crippen LogP contribution in [-0.2, 0) is 0 Å². The van der Waals surface area contributed by atoms with Crippen LogP contribution in [0.15, 0.2) is 35.5 Å². The molecule has 3 N–H and O–H groups in total. The highest BCUT2D eigenvalue weighted by Crippen LogP contribution is 2.29. The lowest BCUT2D eigenvalue weighted by Gasteiger charge is -2.13. The maximum Gasteiger partial charge on any atom is 0.175 e. The number of hydrogen-bond donors (Lipinski definition) is 2. The molecule has 1 aromatic carbocycles. The van der Waals surface area contributed by atoms with Crippen LogP contribution in [0.3, 0.4) is 0 Å². The van der Waals surface area contributed by atoms with E-state index < -0.39 is 5.82 Å². The second kappa shape index (κ2) is 5.56. The third-order valence-corrected chi connectivity index (χ3v) is 2.71. The molecular formula is C14H14FN3O2. The summed E-state index contributed by atoms with van der Waals surface area (Å²) in [4.78, 5) is 4.22. The first-order valence-electron chi connectivity index (χ1n) is 5.91. The lowest BCUT2D eigenvalue weighted by atomic mass is 10.1. The molecule has 0 saturated heterocycles. The van der Waals surface area contributed by atoms with Gasteiger partial charge in [-0.3, -0.25) is 4.98 Å². The first kappa shape index (κ1) is 13.8. The van der Waals surface area contributed by atoms with Gasteiger partial charge in [-0.05, 0) is 26.0 Å². The molecule has 1 heterocycles. The summed E-state index contributed by atoms with van der Waals surface area (Å²) in [5, 5.41) is 11.8. The molecule has 104 valence electrons. The number of aryl methyl sites for hydroxylation is 2.